The maximum absolute atomic E-state index is 15.1. The molecule has 2 saturated carbocycles. The molecule has 2 saturated heterocycles. The Kier molecular flexibility index (Phi) is 13.5. The van der Waals surface area contributed by atoms with Crippen LogP contribution in [0.15, 0.2) is 60.8 Å². The molecular weight excluding hydrogens is 942 g/mol. The molecule has 7 heterocycles. The number of pyridine rings is 1. The van der Waals surface area contributed by atoms with Crippen molar-refractivity contribution in [1.29, 1.82) is 5.26 Å². The quantitative estimate of drug-likeness (QED) is 0.134. The highest BCUT2D eigenvalue weighted by Crippen LogP contribution is 2.51. The van der Waals surface area contributed by atoms with Gasteiger partial charge in [-0.05, 0) is 136 Å². The van der Waals surface area contributed by atoms with E-state index in [1.54, 1.807) is 49.5 Å². The number of anilines is 3. The number of aryl methyl sites for hydroxylation is 1. The standard InChI is InChI=1S/C54H59ClF2N10O5/c1-33(68)65-20-14-47-44(32-65)52(63-67(47)38-15-23-70-24-16-38)66-19-2-3-34-25-42(43(51(56)57)27-48(34)66)36-5-13-50(59-31-36)72-41-28-54(29-41)17-21-64(22-18-54)49-12-11-46(61-62-49)53(69)60-37-6-9-39(10-7-37)71-40-8-4-35(30-58)45(55)26-40/h4-5,8,11-13,25-27,31,37-39,41,51H,2-3,6-7,9-10,14-24,28-29,32H2,1H3,(H,60,69). The summed E-state index contributed by atoms with van der Waals surface area (Å²) in [5.41, 5.74) is 5.77. The van der Waals surface area contributed by atoms with Crippen molar-refractivity contribution >= 4 is 40.7 Å². The summed E-state index contributed by atoms with van der Waals surface area (Å²) in [5.74, 6) is 2.41. The van der Waals surface area contributed by atoms with Gasteiger partial charge < -0.3 is 34.2 Å². The molecule has 6 aliphatic rings. The molecule has 3 aromatic heterocycles. The van der Waals surface area contributed by atoms with Crippen LogP contribution in [0.1, 0.15) is 128 Å². The number of piperidine rings is 1. The number of halogens is 3. The molecule has 0 unspecified atom stereocenters. The SMILES string of the molecule is CC(=O)N1CCc2c(c(N3CCCc4cc(-c5ccc(OC6CC7(CCN(c8ccc(C(=O)NC9CCC(Oc%10ccc(C#N)c(Cl)c%10)CC9)nn8)CC7)C6)nc5)c(C(F)F)cc43)nn2C2CCOCC2)C1. The third-order valence-corrected chi connectivity index (χ3v) is 16.3. The van der Waals surface area contributed by atoms with E-state index in [-0.39, 0.29) is 52.8 Å². The van der Waals surface area contributed by atoms with Crippen molar-refractivity contribution in [3.8, 4) is 28.8 Å². The van der Waals surface area contributed by atoms with Gasteiger partial charge in [-0.3, -0.25) is 14.3 Å². The van der Waals surface area contributed by atoms with E-state index in [4.69, 9.17) is 36.2 Å². The second-order valence-corrected chi connectivity index (χ2v) is 20.9. The lowest BCUT2D eigenvalue weighted by molar-refractivity contribution is -0.129. The van der Waals surface area contributed by atoms with Crippen molar-refractivity contribution < 1.29 is 32.6 Å². The fraction of sp³-hybridized carbons (Fsp3) is 0.500. The molecule has 0 radical (unpaired) electrons. The highest BCUT2D eigenvalue weighted by atomic mass is 35.5. The summed E-state index contributed by atoms with van der Waals surface area (Å²) < 4.78 is 50.4. The van der Waals surface area contributed by atoms with E-state index in [1.807, 2.05) is 23.1 Å². The van der Waals surface area contributed by atoms with Crippen LogP contribution in [0.4, 0.5) is 26.1 Å². The van der Waals surface area contributed by atoms with Crippen LogP contribution in [0.2, 0.25) is 5.02 Å². The van der Waals surface area contributed by atoms with Gasteiger partial charge in [-0.25, -0.2) is 13.8 Å². The Bertz CT molecular complexity index is 2850. The zero-order valence-corrected chi connectivity index (χ0v) is 41.3. The molecule has 0 bridgehead atoms. The van der Waals surface area contributed by atoms with Gasteiger partial charge in [-0.1, -0.05) is 11.6 Å². The van der Waals surface area contributed by atoms with Gasteiger partial charge in [0.05, 0.1) is 29.3 Å². The van der Waals surface area contributed by atoms with Gasteiger partial charge in [0.2, 0.25) is 11.8 Å². The average Bonchev–Trinajstić information content (AvgIpc) is 3.78. The average molecular weight is 1000 g/mol. The number of carbonyl (C=O) groups is 2. The number of nitrogens with zero attached hydrogens (tertiary/aromatic N) is 9. The lowest BCUT2D eigenvalue weighted by Crippen LogP contribution is -2.51. The number of nitriles is 1. The lowest BCUT2D eigenvalue weighted by Gasteiger charge is -2.51. The molecule has 72 heavy (non-hydrogen) atoms. The molecule has 1 N–H and O–H groups in total. The second kappa shape index (κ2) is 20.3. The van der Waals surface area contributed by atoms with Crippen LogP contribution in [-0.2, 0) is 28.9 Å². The lowest BCUT2D eigenvalue weighted by atomic mass is 9.61. The minimum absolute atomic E-state index is 0.00828. The van der Waals surface area contributed by atoms with Crippen LogP contribution < -0.4 is 24.6 Å². The first kappa shape index (κ1) is 47.9. The number of ether oxygens (including phenoxy) is 3. The van der Waals surface area contributed by atoms with E-state index in [9.17, 15) is 9.59 Å². The van der Waals surface area contributed by atoms with Gasteiger partial charge in [-0.15, -0.1) is 10.2 Å². The van der Waals surface area contributed by atoms with E-state index >= 15 is 8.78 Å². The Morgan fingerprint density at radius 2 is 1.72 bits per heavy atom. The van der Waals surface area contributed by atoms with Gasteiger partial charge in [0.15, 0.2) is 17.3 Å². The Morgan fingerprint density at radius 3 is 2.42 bits per heavy atom. The molecule has 2 amide bonds. The summed E-state index contributed by atoms with van der Waals surface area (Å²) in [6.07, 6.45) is 9.87. The molecule has 11 rings (SSSR count). The van der Waals surface area contributed by atoms with Crippen LogP contribution in [0.3, 0.4) is 0 Å². The number of rotatable bonds is 11. The molecule has 15 nitrogen and oxygen atoms in total. The normalized spacial score (nSPS) is 21.1. The van der Waals surface area contributed by atoms with Crippen molar-refractivity contribution in [2.24, 2.45) is 5.41 Å². The van der Waals surface area contributed by atoms with E-state index in [0.717, 1.165) is 124 Å². The molecule has 0 atom stereocenters. The summed E-state index contributed by atoms with van der Waals surface area (Å²) in [6.45, 7) is 6.32. The predicted octanol–water partition coefficient (Wildman–Crippen LogP) is 9.49. The number of aromatic nitrogens is 5. The van der Waals surface area contributed by atoms with Crippen molar-refractivity contribution in [2.45, 2.75) is 128 Å². The monoisotopic (exact) mass is 1000 g/mol. The van der Waals surface area contributed by atoms with Crippen LogP contribution >= 0.6 is 11.6 Å². The number of nitrogens with one attached hydrogen (secondary N) is 1. The summed E-state index contributed by atoms with van der Waals surface area (Å²) in [5, 5.41) is 26.6. The van der Waals surface area contributed by atoms with E-state index in [0.29, 0.717) is 72.6 Å². The first-order chi connectivity index (χ1) is 35.0. The van der Waals surface area contributed by atoms with Crippen LogP contribution in [-0.4, -0.2) is 99.3 Å². The molecule has 1 spiro atoms. The largest absolute Gasteiger partial charge is 0.490 e. The van der Waals surface area contributed by atoms with Gasteiger partial charge in [0, 0.05) is 105 Å². The molecule has 376 valence electrons. The van der Waals surface area contributed by atoms with Crippen molar-refractivity contribution in [3.63, 3.8) is 0 Å². The first-order valence-corrected chi connectivity index (χ1v) is 25.9. The summed E-state index contributed by atoms with van der Waals surface area (Å²) in [4.78, 5) is 36.5. The number of amides is 2. The van der Waals surface area contributed by atoms with Crippen LogP contribution in [0.5, 0.6) is 11.6 Å². The zero-order chi connectivity index (χ0) is 49.5. The number of benzene rings is 2. The highest BCUT2D eigenvalue weighted by molar-refractivity contribution is 6.31. The fourth-order valence-electron chi connectivity index (χ4n) is 11.9. The topological polar surface area (TPSA) is 164 Å². The Labute approximate surface area is 422 Å². The zero-order valence-electron chi connectivity index (χ0n) is 40.5. The smallest absolute Gasteiger partial charge is 0.272 e. The fourth-order valence-corrected chi connectivity index (χ4v) is 12.1. The molecule has 5 aromatic rings. The van der Waals surface area contributed by atoms with Crippen LogP contribution in [0, 0.1) is 16.7 Å². The molecule has 4 fully saturated rings. The van der Waals surface area contributed by atoms with Gasteiger partial charge in [-0.2, -0.15) is 10.4 Å². The Balaban J connectivity index is 0.676. The maximum atomic E-state index is 15.1. The molecule has 18 heteroatoms. The predicted molar refractivity (Wildman–Crippen MR) is 266 cm³/mol. The number of alkyl halides is 2. The Hall–Kier alpha value is -6.38. The number of hydrogen-bond acceptors (Lipinski definition) is 12. The van der Waals surface area contributed by atoms with Crippen molar-refractivity contribution in [2.75, 3.05) is 49.2 Å². The number of hydrogen-bond donors (Lipinski definition) is 1. The maximum Gasteiger partial charge on any atom is 0.272 e. The molecule has 2 aromatic carbocycles. The van der Waals surface area contributed by atoms with Crippen molar-refractivity contribution in [3.05, 3.63) is 99.5 Å². The highest BCUT2D eigenvalue weighted by Gasteiger charge is 2.47. The first-order valence-electron chi connectivity index (χ1n) is 25.5. The third-order valence-electron chi connectivity index (χ3n) is 16.0. The number of carbonyl (C=O) groups excluding carboxylic acids is 2. The third kappa shape index (κ3) is 9.79. The minimum Gasteiger partial charge on any atom is -0.490 e. The van der Waals surface area contributed by atoms with E-state index in [1.165, 1.54) is 0 Å². The molecular formula is C54H59ClF2N10O5. The second-order valence-electron chi connectivity index (χ2n) is 20.5. The summed E-state index contributed by atoms with van der Waals surface area (Å²) in [7, 11) is 0. The van der Waals surface area contributed by atoms with Gasteiger partial charge in [0.25, 0.3) is 12.3 Å². The molecule has 4 aliphatic heterocycles. The van der Waals surface area contributed by atoms with Gasteiger partial charge in [0.1, 0.15) is 17.9 Å². The summed E-state index contributed by atoms with van der Waals surface area (Å²) >= 11 is 6.17. The molecule has 2 aliphatic carbocycles. The van der Waals surface area contributed by atoms with E-state index < -0.39 is 6.43 Å². The van der Waals surface area contributed by atoms with Crippen molar-refractivity contribution in [1.82, 2.24) is 35.2 Å². The Morgan fingerprint density at radius 1 is 0.917 bits per heavy atom. The summed E-state index contributed by atoms with van der Waals surface area (Å²) in [6, 6.07) is 18.2. The van der Waals surface area contributed by atoms with Gasteiger partial charge >= 0.3 is 0 Å². The van der Waals surface area contributed by atoms with Crippen LogP contribution in [0.25, 0.3) is 11.1 Å². The number of fused-ring (bicyclic) bond motifs is 2. The van der Waals surface area contributed by atoms with E-state index in [2.05, 4.69) is 41.0 Å². The minimum atomic E-state index is -2.71.